The summed E-state index contributed by atoms with van der Waals surface area (Å²) >= 11 is 0. The molecule has 0 radical (unpaired) electrons. The lowest BCUT2D eigenvalue weighted by Gasteiger charge is -2.57. The highest BCUT2D eigenvalue weighted by Crippen LogP contribution is 2.66. The van der Waals surface area contributed by atoms with Crippen LogP contribution in [0.15, 0.2) is 23.8 Å². The normalized spacial score (nSPS) is 44.6. The quantitative estimate of drug-likeness (QED) is 0.422. The van der Waals surface area contributed by atoms with Crippen LogP contribution in [0.3, 0.4) is 0 Å². The van der Waals surface area contributed by atoms with Gasteiger partial charge in [0.05, 0.1) is 0 Å². The average molecular weight is 397 g/mol. The van der Waals surface area contributed by atoms with Crippen molar-refractivity contribution in [3.05, 3.63) is 23.8 Å². The summed E-state index contributed by atoms with van der Waals surface area (Å²) in [6.45, 7) is 12.5. The van der Waals surface area contributed by atoms with E-state index in [-0.39, 0.29) is 5.92 Å². The summed E-state index contributed by atoms with van der Waals surface area (Å²) in [6, 6.07) is 0. The Bertz CT molecular complexity index is 672. The Balaban J connectivity index is 1.52. The molecule has 29 heavy (non-hydrogen) atoms. The van der Waals surface area contributed by atoms with Crippen molar-refractivity contribution in [1.82, 2.24) is 0 Å². The number of rotatable bonds is 6. The van der Waals surface area contributed by atoms with Crippen LogP contribution in [0.5, 0.6) is 0 Å². The van der Waals surface area contributed by atoms with Crippen molar-refractivity contribution in [1.29, 1.82) is 0 Å². The largest absolute Gasteiger partial charge is 0.303 e. The third-order valence-corrected chi connectivity index (χ3v) is 10.1. The van der Waals surface area contributed by atoms with Gasteiger partial charge in [0.2, 0.25) is 0 Å². The fourth-order valence-corrected chi connectivity index (χ4v) is 8.31. The zero-order valence-corrected chi connectivity index (χ0v) is 19.6. The topological polar surface area (TPSA) is 17.1 Å². The molecule has 8 atom stereocenters. The molecule has 4 rings (SSSR count). The second-order valence-corrected chi connectivity index (χ2v) is 12.1. The molecule has 1 heteroatoms. The van der Waals surface area contributed by atoms with Gasteiger partial charge >= 0.3 is 0 Å². The van der Waals surface area contributed by atoms with Crippen LogP contribution in [-0.4, -0.2) is 6.29 Å². The number of allylic oxidation sites excluding steroid dienone is 4. The van der Waals surface area contributed by atoms with E-state index in [1.165, 1.54) is 56.9 Å². The van der Waals surface area contributed by atoms with Crippen LogP contribution in [0, 0.1) is 52.3 Å². The molecule has 0 saturated heterocycles. The van der Waals surface area contributed by atoms with E-state index < -0.39 is 0 Å². The van der Waals surface area contributed by atoms with E-state index in [9.17, 15) is 4.79 Å². The number of hydrogen-bond donors (Lipinski definition) is 0. The van der Waals surface area contributed by atoms with Gasteiger partial charge in [-0.2, -0.15) is 0 Å². The molecule has 1 nitrogen and oxygen atoms in total. The van der Waals surface area contributed by atoms with Crippen molar-refractivity contribution in [3.8, 4) is 0 Å². The fourth-order valence-electron chi connectivity index (χ4n) is 8.31. The number of fused-ring (bicyclic) bond motifs is 5. The lowest BCUT2D eigenvalue weighted by molar-refractivity contribution is -0.110. The molecule has 0 aromatic heterocycles. The highest BCUT2D eigenvalue weighted by molar-refractivity contribution is 5.58. The molecule has 0 aromatic rings. The maximum atomic E-state index is 11.4. The van der Waals surface area contributed by atoms with Gasteiger partial charge in [-0.05, 0) is 90.4 Å². The molecule has 0 bridgehead atoms. The van der Waals surface area contributed by atoms with Gasteiger partial charge in [-0.25, -0.2) is 0 Å². The standard InChI is InChI=1S/C28H44O/c1-19(2)7-6-8-20(3)24-11-12-25-23-10-9-22-17-21(18-29)13-15-27(22,4)26(23)14-16-28(24,25)5/h9-10,17-21,23-26H,6-8,11-16H2,1-5H3/t20-,21?,23+,24-,25+,26+,27+,28-/m1/s1. The lowest BCUT2D eigenvalue weighted by Crippen LogP contribution is -2.49. The van der Waals surface area contributed by atoms with Crippen molar-refractivity contribution < 1.29 is 4.79 Å². The Labute approximate surface area is 179 Å². The van der Waals surface area contributed by atoms with Crippen molar-refractivity contribution in [3.63, 3.8) is 0 Å². The SMILES string of the molecule is CC(C)CCC[C@@H](C)[C@H]1CC[C@H]2[C@@H]3C=CC4=CC(C=O)CC[C@]4(C)[C@H]3CC[C@]12C. The number of hydrogen-bond acceptors (Lipinski definition) is 1. The molecule has 0 spiro atoms. The molecule has 0 aromatic carbocycles. The van der Waals surface area contributed by atoms with Gasteiger partial charge in [-0.15, -0.1) is 0 Å². The predicted molar refractivity (Wildman–Crippen MR) is 123 cm³/mol. The summed E-state index contributed by atoms with van der Waals surface area (Å²) < 4.78 is 0. The molecule has 2 saturated carbocycles. The monoisotopic (exact) mass is 396 g/mol. The maximum Gasteiger partial charge on any atom is 0.126 e. The van der Waals surface area contributed by atoms with E-state index in [1.54, 1.807) is 0 Å². The van der Waals surface area contributed by atoms with Crippen LogP contribution in [0.4, 0.5) is 0 Å². The molecule has 0 aliphatic heterocycles. The first-order valence-corrected chi connectivity index (χ1v) is 12.7. The van der Waals surface area contributed by atoms with Gasteiger partial charge in [0.15, 0.2) is 0 Å². The van der Waals surface area contributed by atoms with E-state index in [1.807, 2.05) is 0 Å². The van der Waals surface area contributed by atoms with Gasteiger partial charge in [-0.3, -0.25) is 0 Å². The predicted octanol–water partition coefficient (Wildman–Crippen LogP) is 7.62. The second kappa shape index (κ2) is 8.01. The fraction of sp³-hybridized carbons (Fsp3) is 0.821. The second-order valence-electron chi connectivity index (χ2n) is 12.1. The molecule has 0 N–H and O–H groups in total. The maximum absolute atomic E-state index is 11.4. The van der Waals surface area contributed by atoms with Gasteiger partial charge in [-0.1, -0.05) is 72.1 Å². The van der Waals surface area contributed by atoms with Crippen molar-refractivity contribution in [2.75, 3.05) is 0 Å². The van der Waals surface area contributed by atoms with E-state index >= 15 is 0 Å². The third kappa shape index (κ3) is 3.59. The highest BCUT2D eigenvalue weighted by Gasteiger charge is 2.58. The summed E-state index contributed by atoms with van der Waals surface area (Å²) in [7, 11) is 0. The molecule has 162 valence electrons. The van der Waals surface area contributed by atoms with Crippen LogP contribution in [0.25, 0.3) is 0 Å². The molecule has 0 amide bonds. The number of aldehydes is 1. The molecule has 4 aliphatic rings. The molecular formula is C28H44O. The molecule has 2 fully saturated rings. The minimum absolute atomic E-state index is 0.149. The van der Waals surface area contributed by atoms with E-state index in [4.69, 9.17) is 0 Å². The third-order valence-electron chi connectivity index (χ3n) is 10.1. The van der Waals surface area contributed by atoms with Crippen LogP contribution < -0.4 is 0 Å². The first-order valence-electron chi connectivity index (χ1n) is 12.7. The van der Waals surface area contributed by atoms with E-state index in [0.717, 1.165) is 48.2 Å². The Morgan fingerprint density at radius 2 is 1.83 bits per heavy atom. The summed E-state index contributed by atoms with van der Waals surface area (Å²) in [4.78, 5) is 11.4. The molecular weight excluding hydrogens is 352 g/mol. The van der Waals surface area contributed by atoms with Crippen LogP contribution >= 0.6 is 0 Å². The van der Waals surface area contributed by atoms with Gasteiger partial charge in [0.1, 0.15) is 6.29 Å². The Hall–Kier alpha value is -0.850. The summed E-state index contributed by atoms with van der Waals surface area (Å²) in [5.74, 6) is 5.21. The van der Waals surface area contributed by atoms with Gasteiger partial charge in [0, 0.05) is 5.92 Å². The molecule has 4 aliphatic carbocycles. The van der Waals surface area contributed by atoms with Crippen molar-refractivity contribution in [2.45, 2.75) is 92.4 Å². The Morgan fingerprint density at radius 1 is 1.03 bits per heavy atom. The minimum Gasteiger partial charge on any atom is -0.303 e. The zero-order chi connectivity index (χ0) is 20.8. The summed E-state index contributed by atoms with van der Waals surface area (Å²) in [5, 5.41) is 0. The summed E-state index contributed by atoms with van der Waals surface area (Å²) in [6.07, 6.45) is 20.6. The highest BCUT2D eigenvalue weighted by atomic mass is 16.1. The Morgan fingerprint density at radius 3 is 2.55 bits per heavy atom. The van der Waals surface area contributed by atoms with Crippen LogP contribution in [0.2, 0.25) is 0 Å². The minimum atomic E-state index is 0.149. The van der Waals surface area contributed by atoms with Gasteiger partial charge in [0.25, 0.3) is 0 Å². The summed E-state index contributed by atoms with van der Waals surface area (Å²) in [5.41, 5.74) is 2.32. The van der Waals surface area contributed by atoms with Crippen molar-refractivity contribution in [2.24, 2.45) is 52.3 Å². The smallest absolute Gasteiger partial charge is 0.126 e. The lowest BCUT2D eigenvalue weighted by atomic mass is 9.48. The van der Waals surface area contributed by atoms with Crippen LogP contribution in [-0.2, 0) is 4.79 Å². The number of carbonyl (C=O) groups excluding carboxylic acids is 1. The molecule has 0 heterocycles. The van der Waals surface area contributed by atoms with E-state index in [0.29, 0.717) is 10.8 Å². The van der Waals surface area contributed by atoms with E-state index in [2.05, 4.69) is 52.8 Å². The first kappa shape index (κ1) is 21.4. The van der Waals surface area contributed by atoms with Gasteiger partial charge < -0.3 is 4.79 Å². The van der Waals surface area contributed by atoms with Crippen molar-refractivity contribution >= 4 is 6.29 Å². The molecule has 1 unspecified atom stereocenters. The van der Waals surface area contributed by atoms with Crippen LogP contribution in [0.1, 0.15) is 92.4 Å². The average Bonchev–Trinajstić information content (AvgIpc) is 3.04. The zero-order valence-electron chi connectivity index (χ0n) is 19.6. The Kier molecular flexibility index (Phi) is 5.91. The first-order chi connectivity index (χ1) is 13.8. The number of carbonyl (C=O) groups is 1.